The second kappa shape index (κ2) is 21.5. The predicted octanol–water partition coefficient (Wildman–Crippen LogP) is -1.47. The van der Waals surface area contributed by atoms with Crippen molar-refractivity contribution in [3.63, 3.8) is 0 Å². The lowest BCUT2D eigenvalue weighted by Crippen LogP contribution is -2.69. The minimum absolute atomic E-state index is 0.0121. The molecule has 14 N–H and O–H groups in total. The van der Waals surface area contributed by atoms with E-state index in [-0.39, 0.29) is 46.0 Å². The summed E-state index contributed by atoms with van der Waals surface area (Å²) in [6, 6.07) is 0. The number of aliphatic carboxylic acids is 1. The van der Waals surface area contributed by atoms with Crippen LogP contribution in [-0.4, -0.2) is 232 Å². The molecule has 4 heterocycles. The molecule has 0 unspecified atom stereocenters. The number of aliphatic hydroxyl groups is 13. The van der Waals surface area contributed by atoms with E-state index < -0.39 is 165 Å². The highest BCUT2D eigenvalue weighted by Gasteiger charge is 2.70. The number of hydrogen-bond donors (Lipinski definition) is 14. The molecule has 29 atom stereocenters. The van der Waals surface area contributed by atoms with Crippen LogP contribution in [-0.2, 0) is 42.7 Å². The molecule has 0 aromatic rings. The maximum absolute atomic E-state index is 13.1. The minimum Gasteiger partial charge on any atom is -0.479 e. The van der Waals surface area contributed by atoms with Crippen LogP contribution in [0.2, 0.25) is 0 Å². The van der Waals surface area contributed by atoms with Crippen molar-refractivity contribution in [1.82, 2.24) is 0 Å². The SMILES string of the molecule is C[C@@H]1O[C@H](O[C@H]2[C@@H](O[C@H]3[C@H](O)[C@@H](C(=O)O)O[C@H](O[C@H]4CC[C@]5(C)[C@H]6CC=C7[C@@H]8CC(C)(C)CC[C@]8(CO)[C@H](O)C[C@@]7(C)[C@]6(C)CC[C@H]5C4(C)C)[C@@H]3O[C@@H]3O[C@H](CO)[C@@H](O)[C@H](O)[C@H]3O)O[C@H](CO)[C@H](O)[C@@H]2O)[C@H](O)[C@H](O)[C@H]1O. The van der Waals surface area contributed by atoms with Gasteiger partial charge in [0.05, 0.1) is 38.1 Å². The molecule has 23 heteroatoms. The van der Waals surface area contributed by atoms with E-state index in [9.17, 15) is 76.3 Å². The molecule has 5 aliphatic carbocycles. The smallest absolute Gasteiger partial charge is 0.335 e. The van der Waals surface area contributed by atoms with Crippen molar-refractivity contribution in [1.29, 1.82) is 0 Å². The Morgan fingerprint density at radius 1 is 0.584 bits per heavy atom. The molecule has 0 amide bonds. The van der Waals surface area contributed by atoms with E-state index in [1.54, 1.807) is 0 Å². The van der Waals surface area contributed by atoms with Crippen LogP contribution >= 0.6 is 0 Å². The Bertz CT molecular complexity index is 2130. The normalized spacial score (nSPS) is 54.5. The zero-order chi connectivity index (χ0) is 56.4. The van der Waals surface area contributed by atoms with Crippen LogP contribution in [0.25, 0.3) is 0 Å². The fourth-order valence-electron chi connectivity index (χ4n) is 16.6. The Labute approximate surface area is 449 Å². The van der Waals surface area contributed by atoms with Crippen LogP contribution in [0.15, 0.2) is 11.6 Å². The summed E-state index contributed by atoms with van der Waals surface area (Å²) in [5.41, 5.74) is -0.808. The first kappa shape index (κ1) is 60.0. The zero-order valence-electron chi connectivity index (χ0n) is 45.4. The Kier molecular flexibility index (Phi) is 16.8. The van der Waals surface area contributed by atoms with Gasteiger partial charge in [0.2, 0.25) is 0 Å². The van der Waals surface area contributed by atoms with Crippen molar-refractivity contribution in [2.24, 2.45) is 50.2 Å². The number of ether oxygens (including phenoxy) is 8. The number of rotatable bonds is 12. The molecule has 0 radical (unpaired) electrons. The lowest BCUT2D eigenvalue weighted by molar-refractivity contribution is -0.406. The van der Waals surface area contributed by atoms with E-state index in [1.807, 2.05) is 0 Å². The van der Waals surface area contributed by atoms with Gasteiger partial charge in [-0.25, -0.2) is 4.79 Å². The van der Waals surface area contributed by atoms with Gasteiger partial charge in [-0.3, -0.25) is 0 Å². The first-order valence-electron chi connectivity index (χ1n) is 27.8. The quantitative estimate of drug-likeness (QED) is 0.0783. The van der Waals surface area contributed by atoms with Gasteiger partial charge in [-0.1, -0.05) is 60.1 Å². The van der Waals surface area contributed by atoms with Gasteiger partial charge >= 0.3 is 5.97 Å². The fraction of sp³-hybridized carbons (Fsp3) is 0.944. The molecule has 4 saturated carbocycles. The molecular weight excluding hydrogens is 1020 g/mol. The molecule has 4 saturated heterocycles. The number of allylic oxidation sites excluding steroid dienone is 2. The molecule has 0 spiro atoms. The predicted molar refractivity (Wildman–Crippen MR) is 263 cm³/mol. The van der Waals surface area contributed by atoms with Gasteiger partial charge < -0.3 is 109 Å². The Balaban J connectivity index is 1.05. The van der Waals surface area contributed by atoms with Gasteiger partial charge in [0.15, 0.2) is 31.3 Å². The van der Waals surface area contributed by atoms with Crippen molar-refractivity contribution in [3.8, 4) is 0 Å². The number of carbonyl (C=O) groups is 1. The molecule has 8 fully saturated rings. The number of fused-ring (bicyclic) bond motifs is 7. The number of hydrogen-bond acceptors (Lipinski definition) is 22. The van der Waals surface area contributed by atoms with Crippen molar-refractivity contribution in [2.75, 3.05) is 19.8 Å². The summed E-state index contributed by atoms with van der Waals surface area (Å²) < 4.78 is 49.0. The fourth-order valence-corrected chi connectivity index (χ4v) is 16.6. The molecule has 0 aromatic carbocycles. The largest absolute Gasteiger partial charge is 0.479 e. The lowest BCUT2D eigenvalue weighted by atomic mass is 9.33. The Morgan fingerprint density at radius 2 is 1.16 bits per heavy atom. The standard InChI is InChI=1S/C54H88O23/c1-22-31(59)34(62)37(65)45(70-22)76-42-36(64)33(61)26(20-56)72-47(42)74-40-39(67)41(44(68)69)75-48(43(40)77-46-38(66)35(63)32(60)25(19-55)71-46)73-30-12-13-51(6)27(50(30,4)5)11-14-52(7)28(51)10-9-23-24-17-49(2,3)15-16-54(24,21-57)29(58)18-53(23,52)8/h9,22,24-43,45-48,55-67H,10-21H2,1-8H3,(H,68,69)/t22-,24-,25+,26+,27-,28+,29+,30-,31-,32+,33-,34+,35-,36-,37+,38+,39-,40-,41-,42+,43+,45+,46-,47+,48-,51-,52+,53+,54+/m0/s1. The molecule has 23 nitrogen and oxygen atoms in total. The van der Waals surface area contributed by atoms with Crippen LogP contribution in [0, 0.1) is 50.2 Å². The monoisotopic (exact) mass is 1100 g/mol. The van der Waals surface area contributed by atoms with Crippen molar-refractivity contribution in [2.45, 2.75) is 248 Å². The molecule has 4 aliphatic heterocycles. The van der Waals surface area contributed by atoms with Crippen molar-refractivity contribution in [3.05, 3.63) is 11.6 Å². The van der Waals surface area contributed by atoms with Crippen molar-refractivity contribution < 1.29 is 114 Å². The Hall–Kier alpha value is -1.63. The van der Waals surface area contributed by atoms with Crippen LogP contribution < -0.4 is 0 Å². The van der Waals surface area contributed by atoms with Crippen LogP contribution in [0.5, 0.6) is 0 Å². The molecule has 0 aromatic heterocycles. The van der Waals surface area contributed by atoms with E-state index in [4.69, 9.17) is 37.9 Å². The number of aliphatic hydroxyl groups excluding tert-OH is 13. The van der Waals surface area contributed by atoms with Gasteiger partial charge in [-0.15, -0.1) is 0 Å². The van der Waals surface area contributed by atoms with Gasteiger partial charge in [-0.2, -0.15) is 0 Å². The summed E-state index contributed by atoms with van der Waals surface area (Å²) in [7, 11) is 0. The summed E-state index contributed by atoms with van der Waals surface area (Å²) in [5.74, 6) is -1.51. The molecule has 77 heavy (non-hydrogen) atoms. The van der Waals surface area contributed by atoms with Gasteiger partial charge in [0.1, 0.15) is 85.5 Å². The summed E-state index contributed by atoms with van der Waals surface area (Å²) in [5, 5.41) is 154. The summed E-state index contributed by atoms with van der Waals surface area (Å²) in [4.78, 5) is 13.1. The van der Waals surface area contributed by atoms with E-state index in [1.165, 1.54) is 12.5 Å². The second-order valence-electron chi connectivity index (χ2n) is 26.5. The highest BCUT2D eigenvalue weighted by Crippen LogP contribution is 2.76. The van der Waals surface area contributed by atoms with Gasteiger partial charge in [0, 0.05) is 5.41 Å². The lowest BCUT2D eigenvalue weighted by Gasteiger charge is -2.72. The first-order valence-corrected chi connectivity index (χ1v) is 27.8. The summed E-state index contributed by atoms with van der Waals surface area (Å²) in [6.07, 6.45) is -29.7. The molecular formula is C54H88O23. The molecule has 9 aliphatic rings. The molecule has 442 valence electrons. The van der Waals surface area contributed by atoms with E-state index >= 15 is 0 Å². The van der Waals surface area contributed by atoms with Crippen molar-refractivity contribution >= 4 is 5.97 Å². The molecule has 9 rings (SSSR count). The van der Waals surface area contributed by atoms with Crippen LogP contribution in [0.1, 0.15) is 113 Å². The third kappa shape index (κ3) is 9.70. The first-order chi connectivity index (χ1) is 36.0. The van der Waals surface area contributed by atoms with E-state index in [0.717, 1.165) is 38.5 Å². The highest BCUT2D eigenvalue weighted by atomic mass is 16.8. The maximum atomic E-state index is 13.1. The van der Waals surface area contributed by atoms with E-state index in [0.29, 0.717) is 19.3 Å². The highest BCUT2D eigenvalue weighted by molar-refractivity contribution is 5.73. The third-order valence-electron chi connectivity index (χ3n) is 21.5. The zero-order valence-corrected chi connectivity index (χ0v) is 45.4. The van der Waals surface area contributed by atoms with Gasteiger partial charge in [-0.05, 0) is 110 Å². The van der Waals surface area contributed by atoms with Crippen LogP contribution in [0.3, 0.4) is 0 Å². The van der Waals surface area contributed by atoms with Crippen LogP contribution in [0.4, 0.5) is 0 Å². The van der Waals surface area contributed by atoms with Gasteiger partial charge in [0.25, 0.3) is 0 Å². The van der Waals surface area contributed by atoms with E-state index in [2.05, 4.69) is 54.5 Å². The minimum atomic E-state index is -2.23. The number of carboxylic acids is 1. The average Bonchev–Trinajstić information content (AvgIpc) is 3.55. The summed E-state index contributed by atoms with van der Waals surface area (Å²) in [6.45, 7) is 15.3. The maximum Gasteiger partial charge on any atom is 0.335 e. The Morgan fingerprint density at radius 3 is 1.78 bits per heavy atom. The average molecular weight is 1110 g/mol. The molecule has 0 bridgehead atoms. The second-order valence-corrected chi connectivity index (χ2v) is 26.5. The third-order valence-corrected chi connectivity index (χ3v) is 21.5. The topological polar surface area (TPSA) is 374 Å². The number of carboxylic acid groups (broad SMARTS) is 1. The summed E-state index contributed by atoms with van der Waals surface area (Å²) >= 11 is 0.